The van der Waals surface area contributed by atoms with Gasteiger partial charge in [0.05, 0.1) is 15.0 Å². The van der Waals surface area contributed by atoms with Crippen molar-refractivity contribution in [3.05, 3.63) is 21.4 Å². The van der Waals surface area contributed by atoms with Crippen LogP contribution < -0.4 is 9.64 Å². The second kappa shape index (κ2) is 9.55. The summed E-state index contributed by atoms with van der Waals surface area (Å²) in [4.78, 5) is 27.7. The average Bonchev–Trinajstić information content (AvgIpc) is 3.51. The van der Waals surface area contributed by atoms with Crippen LogP contribution >= 0.6 is 27.5 Å². The van der Waals surface area contributed by atoms with Crippen LogP contribution in [-0.2, 0) is 4.74 Å². The van der Waals surface area contributed by atoms with E-state index in [1.54, 1.807) is 11.0 Å². The lowest BCUT2D eigenvalue weighted by molar-refractivity contribution is -0.0266. The zero-order chi connectivity index (χ0) is 27.7. The predicted octanol–water partition coefficient (Wildman–Crippen LogP) is 5.59. The fourth-order valence-corrected chi connectivity index (χ4v) is 7.18. The van der Waals surface area contributed by atoms with Crippen LogP contribution in [0.15, 0.2) is 10.5 Å². The van der Waals surface area contributed by atoms with Gasteiger partial charge in [-0.3, -0.25) is 4.90 Å². The average molecular weight is 629 g/mol. The van der Waals surface area contributed by atoms with Crippen LogP contribution in [0.5, 0.6) is 6.01 Å². The number of benzene rings is 1. The Kier molecular flexibility index (Phi) is 6.66. The number of hydrogen-bond donors (Lipinski definition) is 0. The Morgan fingerprint density at radius 1 is 1.23 bits per heavy atom. The fourth-order valence-electron chi connectivity index (χ4n) is 6.68. The highest BCUT2D eigenvalue weighted by atomic mass is 79.9. The maximum absolute atomic E-state index is 15.4. The number of rotatable bonds is 4. The van der Waals surface area contributed by atoms with E-state index in [0.717, 1.165) is 25.8 Å². The van der Waals surface area contributed by atoms with Crippen molar-refractivity contribution in [1.82, 2.24) is 19.8 Å². The number of nitrogens with zero attached hydrogens (tertiary/aromatic N) is 5. The molecule has 8 nitrogen and oxygen atoms in total. The number of carbonyl (C=O) groups is 1. The molecule has 4 aliphatic rings. The number of amides is 1. The van der Waals surface area contributed by atoms with E-state index in [9.17, 15) is 9.18 Å². The lowest BCUT2D eigenvalue weighted by Gasteiger charge is -2.47. The molecule has 5 heterocycles. The van der Waals surface area contributed by atoms with Gasteiger partial charge >= 0.3 is 12.1 Å². The SMILES string of the molecule is CC(C)(C)OC(=O)N1CC2(CCN(c3nc(OC[C@@]45CCCN4C[C@H](F)C5)nc4c(F)c(Br)c(Cl)cc34)C2)C1. The summed E-state index contributed by atoms with van der Waals surface area (Å²) in [5.41, 5.74) is -0.886. The van der Waals surface area contributed by atoms with Gasteiger partial charge in [-0.1, -0.05) is 11.6 Å². The number of likely N-dealkylation sites (tertiary alicyclic amines) is 1. The maximum atomic E-state index is 15.4. The molecule has 1 amide bonds. The second-order valence-corrected chi connectivity index (χ2v) is 13.8. The normalized spacial score (nSPS) is 26.4. The molecule has 0 unspecified atom stereocenters. The molecule has 6 rings (SSSR count). The van der Waals surface area contributed by atoms with E-state index >= 15 is 4.39 Å². The third-order valence-electron chi connectivity index (χ3n) is 8.46. The van der Waals surface area contributed by atoms with Crippen molar-refractivity contribution in [3.8, 4) is 6.01 Å². The van der Waals surface area contributed by atoms with Gasteiger partial charge in [-0.05, 0) is 68.6 Å². The first kappa shape index (κ1) is 27.2. The minimum Gasteiger partial charge on any atom is -0.461 e. The van der Waals surface area contributed by atoms with E-state index in [1.807, 2.05) is 20.8 Å². The minimum atomic E-state index is -0.874. The fraction of sp³-hybridized carbons (Fsp3) is 0.667. The van der Waals surface area contributed by atoms with Crippen LogP contribution in [0, 0.1) is 11.2 Å². The van der Waals surface area contributed by atoms with Crippen molar-refractivity contribution < 1.29 is 23.0 Å². The minimum absolute atomic E-state index is 0.0686. The van der Waals surface area contributed by atoms with Crippen LogP contribution in [0.3, 0.4) is 0 Å². The second-order valence-electron chi connectivity index (χ2n) is 12.6. The third-order valence-corrected chi connectivity index (χ3v) is 9.76. The van der Waals surface area contributed by atoms with Gasteiger partial charge < -0.3 is 19.3 Å². The van der Waals surface area contributed by atoms with E-state index in [1.165, 1.54) is 0 Å². The zero-order valence-corrected chi connectivity index (χ0v) is 24.7. The highest BCUT2D eigenvalue weighted by Crippen LogP contribution is 2.45. The summed E-state index contributed by atoms with van der Waals surface area (Å²) in [6.07, 6.45) is 1.95. The largest absolute Gasteiger partial charge is 0.461 e. The summed E-state index contributed by atoms with van der Waals surface area (Å²) in [6, 6.07) is 1.74. The van der Waals surface area contributed by atoms with Crippen molar-refractivity contribution in [2.75, 3.05) is 50.8 Å². The summed E-state index contributed by atoms with van der Waals surface area (Å²) >= 11 is 9.57. The molecule has 0 aliphatic carbocycles. The molecule has 39 heavy (non-hydrogen) atoms. The van der Waals surface area contributed by atoms with Gasteiger partial charge in [0, 0.05) is 49.9 Å². The van der Waals surface area contributed by atoms with Gasteiger partial charge in [0.1, 0.15) is 29.7 Å². The number of anilines is 1. The van der Waals surface area contributed by atoms with E-state index in [0.29, 0.717) is 50.3 Å². The van der Waals surface area contributed by atoms with Crippen molar-refractivity contribution in [3.63, 3.8) is 0 Å². The van der Waals surface area contributed by atoms with E-state index < -0.39 is 17.6 Å². The number of alkyl halides is 1. The molecule has 2 atom stereocenters. The van der Waals surface area contributed by atoms with E-state index in [-0.39, 0.29) is 44.7 Å². The Labute approximate surface area is 240 Å². The molecule has 1 spiro atoms. The molecule has 212 valence electrons. The monoisotopic (exact) mass is 627 g/mol. The van der Waals surface area contributed by atoms with Crippen LogP contribution in [0.4, 0.5) is 19.4 Å². The molecule has 0 saturated carbocycles. The first-order valence-corrected chi connectivity index (χ1v) is 14.6. The van der Waals surface area contributed by atoms with Gasteiger partial charge in [0.25, 0.3) is 0 Å². The van der Waals surface area contributed by atoms with Crippen LogP contribution in [0.1, 0.15) is 46.5 Å². The summed E-state index contributed by atoms with van der Waals surface area (Å²) in [5.74, 6) is -0.0311. The van der Waals surface area contributed by atoms with Gasteiger partial charge in [0.15, 0.2) is 5.82 Å². The molecule has 12 heteroatoms. The first-order chi connectivity index (χ1) is 18.4. The molecule has 4 aliphatic heterocycles. The smallest absolute Gasteiger partial charge is 0.410 e. The molecule has 2 aromatic rings. The highest BCUT2D eigenvalue weighted by Gasteiger charge is 2.51. The van der Waals surface area contributed by atoms with E-state index in [2.05, 4.69) is 30.7 Å². The number of aromatic nitrogens is 2. The van der Waals surface area contributed by atoms with Crippen molar-refractivity contribution in [2.45, 2.75) is 63.8 Å². The van der Waals surface area contributed by atoms with E-state index in [4.69, 9.17) is 26.1 Å². The Morgan fingerprint density at radius 2 is 2.00 bits per heavy atom. The van der Waals surface area contributed by atoms with Crippen LogP contribution in [0.25, 0.3) is 10.9 Å². The van der Waals surface area contributed by atoms with Crippen LogP contribution in [0.2, 0.25) is 5.02 Å². The lowest BCUT2D eigenvalue weighted by atomic mass is 9.79. The Balaban J connectivity index is 1.26. The quantitative estimate of drug-likeness (QED) is 0.409. The molecule has 1 aromatic carbocycles. The standard InChI is InChI=1S/C27H33BrClF2N5O3/c1-25(2,3)39-24(37)35-13-26(14-35)6-8-34(12-26)22-17-9-18(29)19(28)20(31)21(17)32-23(33-22)38-15-27-5-4-7-36(27)11-16(30)10-27/h9,16H,4-8,10-15H2,1-3H3/t16-,27+/m1/s1. The van der Waals surface area contributed by atoms with Crippen molar-refractivity contribution >= 4 is 50.3 Å². The van der Waals surface area contributed by atoms with Gasteiger partial charge in [-0.2, -0.15) is 9.97 Å². The molecule has 0 N–H and O–H groups in total. The molecule has 0 radical (unpaired) electrons. The third kappa shape index (κ3) is 4.92. The molecule has 4 fully saturated rings. The Hall–Kier alpha value is -1.98. The van der Waals surface area contributed by atoms with Crippen LogP contribution in [-0.4, -0.2) is 89.0 Å². The molecule has 1 aromatic heterocycles. The summed E-state index contributed by atoms with van der Waals surface area (Å²) in [5, 5.41) is 0.728. The Morgan fingerprint density at radius 3 is 2.74 bits per heavy atom. The molecule has 0 bridgehead atoms. The highest BCUT2D eigenvalue weighted by molar-refractivity contribution is 9.10. The van der Waals surface area contributed by atoms with Crippen molar-refractivity contribution in [2.24, 2.45) is 5.41 Å². The maximum Gasteiger partial charge on any atom is 0.410 e. The number of hydrogen-bond acceptors (Lipinski definition) is 7. The number of ether oxygens (including phenoxy) is 2. The zero-order valence-electron chi connectivity index (χ0n) is 22.4. The summed E-state index contributed by atoms with van der Waals surface area (Å²) in [6.45, 7) is 9.60. The molecular weight excluding hydrogens is 596 g/mol. The topological polar surface area (TPSA) is 71.0 Å². The van der Waals surface area contributed by atoms with Gasteiger partial charge in [0.2, 0.25) is 0 Å². The molecule has 4 saturated heterocycles. The first-order valence-electron chi connectivity index (χ1n) is 13.5. The number of carbonyl (C=O) groups excluding carboxylic acids is 1. The summed E-state index contributed by atoms with van der Waals surface area (Å²) in [7, 11) is 0. The van der Waals surface area contributed by atoms with Gasteiger partial charge in [-0.25, -0.2) is 13.6 Å². The molecular formula is C27H33BrClF2N5O3. The van der Waals surface area contributed by atoms with Gasteiger partial charge in [-0.15, -0.1) is 0 Å². The predicted molar refractivity (Wildman–Crippen MR) is 148 cm³/mol. The number of halogens is 4. The van der Waals surface area contributed by atoms with Crippen molar-refractivity contribution in [1.29, 1.82) is 0 Å². The summed E-state index contributed by atoms with van der Waals surface area (Å²) < 4.78 is 41.4. The lowest BCUT2D eigenvalue weighted by Crippen LogP contribution is -2.60. The Bertz CT molecular complexity index is 1320. The number of fused-ring (bicyclic) bond motifs is 2.